The topological polar surface area (TPSA) is 73.1 Å². The van der Waals surface area contributed by atoms with Crippen molar-refractivity contribution in [3.63, 3.8) is 0 Å². The minimum Gasteiger partial charge on any atom is -0.465 e. The number of hydrogen-bond acceptors (Lipinski definition) is 6. The molecule has 0 bridgehead atoms. The summed E-state index contributed by atoms with van der Waals surface area (Å²) in [5.41, 5.74) is 1.94. The Morgan fingerprint density at radius 3 is 2.60 bits per heavy atom. The molecule has 0 aliphatic heterocycles. The van der Waals surface area contributed by atoms with E-state index in [1.54, 1.807) is 6.92 Å². The summed E-state index contributed by atoms with van der Waals surface area (Å²) in [6, 6.07) is 7.78. The van der Waals surface area contributed by atoms with Crippen LogP contribution < -0.4 is 4.90 Å². The van der Waals surface area contributed by atoms with E-state index in [9.17, 15) is 4.79 Å². The molecule has 0 spiro atoms. The number of nitrogens with zero attached hydrogens (tertiary/aromatic N) is 5. The zero-order valence-corrected chi connectivity index (χ0v) is 11.8. The SMILES string of the molecule is CCOC(=O)Cn1nnc(-c2ccc(N(C)C)cc2)n1. The van der Waals surface area contributed by atoms with Crippen molar-refractivity contribution >= 4 is 11.7 Å². The standard InChI is InChI=1S/C13H17N5O2/c1-4-20-12(19)9-18-15-13(14-16-18)10-5-7-11(8-6-10)17(2)3/h5-8H,4,9H2,1-3H3. The van der Waals surface area contributed by atoms with Crippen molar-refractivity contribution in [2.45, 2.75) is 13.5 Å². The maximum absolute atomic E-state index is 11.3. The Morgan fingerprint density at radius 2 is 2.00 bits per heavy atom. The Balaban J connectivity index is 2.10. The number of tetrazole rings is 1. The van der Waals surface area contributed by atoms with Crippen LogP contribution in [0.2, 0.25) is 0 Å². The van der Waals surface area contributed by atoms with Gasteiger partial charge in [0.1, 0.15) is 0 Å². The van der Waals surface area contributed by atoms with Crippen LogP contribution in [-0.2, 0) is 16.1 Å². The molecule has 0 N–H and O–H groups in total. The van der Waals surface area contributed by atoms with Gasteiger partial charge in [0.2, 0.25) is 5.82 Å². The summed E-state index contributed by atoms with van der Waals surface area (Å²) in [6.07, 6.45) is 0. The highest BCUT2D eigenvalue weighted by Gasteiger charge is 2.09. The molecular weight excluding hydrogens is 258 g/mol. The fraction of sp³-hybridized carbons (Fsp3) is 0.385. The van der Waals surface area contributed by atoms with Gasteiger partial charge in [0.25, 0.3) is 0 Å². The van der Waals surface area contributed by atoms with Crippen LogP contribution in [0.1, 0.15) is 6.92 Å². The van der Waals surface area contributed by atoms with Crippen LogP contribution in [0.25, 0.3) is 11.4 Å². The number of rotatable bonds is 5. The Hall–Kier alpha value is -2.44. The highest BCUT2D eigenvalue weighted by atomic mass is 16.5. The third-order valence-electron chi connectivity index (χ3n) is 2.67. The molecule has 2 rings (SSSR count). The van der Waals surface area contributed by atoms with E-state index in [4.69, 9.17) is 4.74 Å². The first kappa shape index (κ1) is 14.0. The molecule has 0 atom stereocenters. The lowest BCUT2D eigenvalue weighted by Crippen LogP contribution is -2.15. The normalized spacial score (nSPS) is 10.3. The molecule has 0 radical (unpaired) electrons. The molecule has 0 saturated heterocycles. The lowest BCUT2D eigenvalue weighted by molar-refractivity contribution is -0.144. The second kappa shape index (κ2) is 6.14. The van der Waals surface area contributed by atoms with Crippen LogP contribution in [0.5, 0.6) is 0 Å². The number of anilines is 1. The van der Waals surface area contributed by atoms with Gasteiger partial charge in [0.15, 0.2) is 6.54 Å². The highest BCUT2D eigenvalue weighted by molar-refractivity contribution is 5.69. The molecule has 1 aromatic heterocycles. The molecule has 7 nitrogen and oxygen atoms in total. The average molecular weight is 275 g/mol. The minimum absolute atomic E-state index is 0.0311. The quantitative estimate of drug-likeness (QED) is 0.757. The zero-order valence-electron chi connectivity index (χ0n) is 11.8. The minimum atomic E-state index is -0.376. The van der Waals surface area contributed by atoms with Gasteiger partial charge in [-0.2, -0.15) is 4.80 Å². The van der Waals surface area contributed by atoms with Gasteiger partial charge in [-0.25, -0.2) is 4.79 Å². The van der Waals surface area contributed by atoms with Gasteiger partial charge in [-0.3, -0.25) is 0 Å². The van der Waals surface area contributed by atoms with Crippen molar-refractivity contribution in [1.29, 1.82) is 0 Å². The number of esters is 1. The molecule has 1 heterocycles. The monoisotopic (exact) mass is 275 g/mol. The number of benzene rings is 1. The average Bonchev–Trinajstić information content (AvgIpc) is 2.87. The van der Waals surface area contributed by atoms with Gasteiger partial charge >= 0.3 is 5.97 Å². The Bertz CT molecular complexity index is 577. The lowest BCUT2D eigenvalue weighted by Gasteiger charge is -2.11. The van der Waals surface area contributed by atoms with Gasteiger partial charge in [-0.1, -0.05) is 0 Å². The van der Waals surface area contributed by atoms with Crippen molar-refractivity contribution in [2.24, 2.45) is 0 Å². The van der Waals surface area contributed by atoms with Crippen LogP contribution in [-0.4, -0.2) is 46.9 Å². The zero-order chi connectivity index (χ0) is 14.5. The molecule has 0 saturated carbocycles. The van der Waals surface area contributed by atoms with Gasteiger partial charge < -0.3 is 9.64 Å². The van der Waals surface area contributed by atoms with E-state index in [-0.39, 0.29) is 12.5 Å². The van der Waals surface area contributed by atoms with E-state index in [0.717, 1.165) is 11.3 Å². The van der Waals surface area contributed by atoms with E-state index < -0.39 is 0 Å². The lowest BCUT2D eigenvalue weighted by atomic mass is 10.2. The van der Waals surface area contributed by atoms with Crippen molar-refractivity contribution < 1.29 is 9.53 Å². The molecule has 20 heavy (non-hydrogen) atoms. The van der Waals surface area contributed by atoms with Crippen LogP contribution in [0, 0.1) is 0 Å². The van der Waals surface area contributed by atoms with Gasteiger partial charge in [0.05, 0.1) is 6.61 Å². The van der Waals surface area contributed by atoms with Crippen molar-refractivity contribution in [3.05, 3.63) is 24.3 Å². The molecule has 106 valence electrons. The Kier molecular flexibility index (Phi) is 4.29. The third kappa shape index (κ3) is 3.31. The van der Waals surface area contributed by atoms with Crippen molar-refractivity contribution in [2.75, 3.05) is 25.6 Å². The van der Waals surface area contributed by atoms with Gasteiger partial charge in [0, 0.05) is 25.3 Å². The van der Waals surface area contributed by atoms with E-state index in [0.29, 0.717) is 12.4 Å². The second-order valence-electron chi connectivity index (χ2n) is 4.39. The summed E-state index contributed by atoms with van der Waals surface area (Å²) >= 11 is 0. The van der Waals surface area contributed by atoms with Crippen molar-refractivity contribution in [3.8, 4) is 11.4 Å². The summed E-state index contributed by atoms with van der Waals surface area (Å²) < 4.78 is 4.83. The second-order valence-corrected chi connectivity index (χ2v) is 4.39. The molecule has 1 aromatic carbocycles. The summed E-state index contributed by atoms with van der Waals surface area (Å²) in [5.74, 6) is 0.110. The first-order valence-electron chi connectivity index (χ1n) is 6.31. The molecule has 0 fully saturated rings. The fourth-order valence-electron chi connectivity index (χ4n) is 1.66. The van der Waals surface area contributed by atoms with Crippen LogP contribution in [0.3, 0.4) is 0 Å². The maximum Gasteiger partial charge on any atom is 0.329 e. The van der Waals surface area contributed by atoms with Crippen molar-refractivity contribution in [1.82, 2.24) is 20.2 Å². The van der Waals surface area contributed by atoms with Crippen LogP contribution in [0.15, 0.2) is 24.3 Å². The summed E-state index contributed by atoms with van der Waals surface area (Å²) in [6.45, 7) is 2.06. The summed E-state index contributed by atoms with van der Waals surface area (Å²) in [5, 5.41) is 11.9. The van der Waals surface area contributed by atoms with Crippen LogP contribution in [0.4, 0.5) is 5.69 Å². The first-order valence-corrected chi connectivity index (χ1v) is 6.31. The number of carbonyl (C=O) groups is 1. The van der Waals surface area contributed by atoms with Crippen LogP contribution >= 0.6 is 0 Å². The molecule has 7 heteroatoms. The Labute approximate surface area is 117 Å². The van der Waals surface area contributed by atoms with E-state index >= 15 is 0 Å². The highest BCUT2D eigenvalue weighted by Crippen LogP contribution is 2.18. The first-order chi connectivity index (χ1) is 9.60. The largest absolute Gasteiger partial charge is 0.465 e. The van der Waals surface area contributed by atoms with Gasteiger partial charge in [-0.05, 0) is 36.4 Å². The number of aromatic nitrogens is 4. The summed E-state index contributed by atoms with van der Waals surface area (Å²) in [4.78, 5) is 14.6. The summed E-state index contributed by atoms with van der Waals surface area (Å²) in [7, 11) is 3.95. The van der Waals surface area contributed by atoms with E-state index in [2.05, 4.69) is 15.4 Å². The third-order valence-corrected chi connectivity index (χ3v) is 2.67. The predicted molar refractivity (Wildman–Crippen MR) is 74.2 cm³/mol. The van der Waals surface area contributed by atoms with E-state index in [1.807, 2.05) is 43.3 Å². The predicted octanol–water partition coefficient (Wildman–Crippen LogP) is 0.969. The fourth-order valence-corrected chi connectivity index (χ4v) is 1.66. The molecular formula is C13H17N5O2. The van der Waals surface area contributed by atoms with E-state index in [1.165, 1.54) is 4.80 Å². The van der Waals surface area contributed by atoms with Gasteiger partial charge in [-0.15, -0.1) is 10.2 Å². The number of carbonyl (C=O) groups excluding carboxylic acids is 1. The molecule has 0 amide bonds. The smallest absolute Gasteiger partial charge is 0.329 e. The number of ether oxygens (including phenoxy) is 1. The maximum atomic E-state index is 11.3. The Morgan fingerprint density at radius 1 is 1.30 bits per heavy atom. The molecule has 0 unspecified atom stereocenters. The molecule has 0 aliphatic rings. The number of hydrogen-bond donors (Lipinski definition) is 0. The molecule has 2 aromatic rings. The molecule has 0 aliphatic carbocycles.